The molecule has 0 unspecified atom stereocenters. The summed E-state index contributed by atoms with van der Waals surface area (Å²) < 4.78 is 13.1. The third kappa shape index (κ3) is 3.28. The molecule has 1 amide bonds. The van der Waals surface area contributed by atoms with E-state index in [1.807, 2.05) is 0 Å². The fourth-order valence-electron chi connectivity index (χ4n) is 0.871. The summed E-state index contributed by atoms with van der Waals surface area (Å²) in [5, 5.41) is 2.50. The Morgan fingerprint density at radius 3 is 2.60 bits per heavy atom. The van der Waals surface area contributed by atoms with Crippen molar-refractivity contribution in [3.63, 3.8) is 0 Å². The maximum Gasteiger partial charge on any atom is 0.240 e. The van der Waals surface area contributed by atoms with Gasteiger partial charge in [0.1, 0.15) is 0 Å². The van der Waals surface area contributed by atoms with Gasteiger partial charge in [0, 0.05) is 0 Å². The number of hydrogen-bond acceptors (Lipinski definition) is 1. The van der Waals surface area contributed by atoms with Crippen LogP contribution in [0.15, 0.2) is 22.7 Å². The first-order valence-electron chi connectivity index (χ1n) is 4.27. The lowest BCUT2D eigenvalue weighted by molar-refractivity contribution is -0.117. The molecule has 0 aliphatic rings. The second-order valence-electron chi connectivity index (χ2n) is 3.53. The molecule has 0 heterocycles. The highest BCUT2D eigenvalue weighted by Gasteiger charge is 2.24. The van der Waals surface area contributed by atoms with E-state index in [0.29, 0.717) is 4.47 Å². The van der Waals surface area contributed by atoms with Crippen LogP contribution in [0, 0.1) is 5.82 Å². The first kappa shape index (κ1) is 12.6. The maximum atomic E-state index is 13.5. The number of anilines is 1. The van der Waals surface area contributed by atoms with Crippen molar-refractivity contribution in [2.24, 2.45) is 0 Å². The molecule has 0 aliphatic heterocycles. The third-order valence-corrected chi connectivity index (χ3v) is 2.71. The molecule has 0 aromatic heterocycles. The van der Waals surface area contributed by atoms with Crippen molar-refractivity contribution < 1.29 is 9.18 Å². The summed E-state index contributed by atoms with van der Waals surface area (Å²) >= 11 is 6.25. The van der Waals surface area contributed by atoms with E-state index in [2.05, 4.69) is 37.2 Å². The first-order chi connectivity index (χ1) is 6.82. The molecule has 0 radical (unpaired) electrons. The summed E-state index contributed by atoms with van der Waals surface area (Å²) in [6.07, 6.45) is 0. The van der Waals surface area contributed by atoms with E-state index < -0.39 is 10.1 Å². The number of rotatable bonds is 2. The molecule has 5 heteroatoms. The molecule has 2 nitrogen and oxygen atoms in total. The third-order valence-electron chi connectivity index (χ3n) is 1.74. The highest BCUT2D eigenvalue weighted by molar-refractivity contribution is 9.10. The summed E-state index contributed by atoms with van der Waals surface area (Å²) in [4.78, 5) is 11.6. The molecule has 0 saturated carbocycles. The summed E-state index contributed by atoms with van der Waals surface area (Å²) in [5.74, 6) is -0.762. The number of amides is 1. The highest BCUT2D eigenvalue weighted by atomic mass is 79.9. The smallest absolute Gasteiger partial charge is 0.240 e. The quantitative estimate of drug-likeness (QED) is 0.818. The van der Waals surface area contributed by atoms with E-state index in [1.165, 1.54) is 6.07 Å². The van der Waals surface area contributed by atoms with Crippen molar-refractivity contribution in [1.29, 1.82) is 0 Å². The number of carbonyl (C=O) groups excluding carboxylic acids is 1. The van der Waals surface area contributed by atoms with E-state index >= 15 is 0 Å². The van der Waals surface area contributed by atoms with Crippen LogP contribution in [0.4, 0.5) is 10.1 Å². The van der Waals surface area contributed by atoms with Gasteiger partial charge < -0.3 is 5.32 Å². The van der Waals surface area contributed by atoms with Gasteiger partial charge in [-0.1, -0.05) is 22.0 Å². The molecule has 0 fully saturated rings. The van der Waals surface area contributed by atoms with Crippen molar-refractivity contribution in [1.82, 2.24) is 0 Å². The molecule has 1 rings (SSSR count). The number of hydrogen-bond donors (Lipinski definition) is 1. The normalized spacial score (nSPS) is 11.3. The molecule has 1 aromatic rings. The zero-order chi connectivity index (χ0) is 11.6. The second-order valence-corrected chi connectivity index (χ2v) is 6.36. The van der Waals surface area contributed by atoms with Crippen molar-refractivity contribution in [2.45, 2.75) is 18.2 Å². The Morgan fingerprint density at radius 2 is 2.07 bits per heavy atom. The van der Waals surface area contributed by atoms with E-state index in [4.69, 9.17) is 0 Å². The Balaban J connectivity index is 2.91. The molecule has 0 aliphatic carbocycles. The van der Waals surface area contributed by atoms with Gasteiger partial charge in [-0.05, 0) is 41.9 Å². The Morgan fingerprint density at radius 1 is 1.47 bits per heavy atom. The summed E-state index contributed by atoms with van der Waals surface area (Å²) in [6.45, 7) is 3.39. The van der Waals surface area contributed by atoms with Crippen LogP contribution < -0.4 is 5.32 Å². The molecule has 0 atom stereocenters. The lowest BCUT2D eigenvalue weighted by Crippen LogP contribution is -2.31. The van der Waals surface area contributed by atoms with Crippen LogP contribution >= 0.6 is 31.9 Å². The van der Waals surface area contributed by atoms with Gasteiger partial charge in [0.2, 0.25) is 5.91 Å². The molecule has 1 aromatic carbocycles. The van der Waals surface area contributed by atoms with Gasteiger partial charge in [0.15, 0.2) is 5.82 Å². The fraction of sp³-hybridized carbons (Fsp3) is 0.300. The fourth-order valence-corrected chi connectivity index (χ4v) is 1.34. The van der Waals surface area contributed by atoms with Gasteiger partial charge in [-0.3, -0.25) is 4.79 Å². The summed E-state index contributed by atoms with van der Waals surface area (Å²) in [5.41, 5.74) is 0.168. The number of carbonyl (C=O) groups is 1. The molecule has 1 N–H and O–H groups in total. The first-order valence-corrected chi connectivity index (χ1v) is 5.85. The number of benzene rings is 1. The van der Waals surface area contributed by atoms with Gasteiger partial charge in [-0.2, -0.15) is 0 Å². The van der Waals surface area contributed by atoms with Crippen LogP contribution in [0.3, 0.4) is 0 Å². The van der Waals surface area contributed by atoms with Gasteiger partial charge >= 0.3 is 0 Å². The predicted octanol–water partition coefficient (Wildman–Crippen LogP) is 3.70. The Kier molecular flexibility index (Phi) is 3.89. The Bertz CT molecular complexity index is 387. The molecule has 0 bridgehead atoms. The van der Waals surface area contributed by atoms with E-state index in [0.717, 1.165) is 0 Å². The van der Waals surface area contributed by atoms with Gasteiger partial charge in [0.05, 0.1) is 14.5 Å². The van der Waals surface area contributed by atoms with Crippen LogP contribution in [0.25, 0.3) is 0 Å². The summed E-state index contributed by atoms with van der Waals surface area (Å²) in [6, 6.07) is 4.74. The number of nitrogens with one attached hydrogen (secondary N) is 1. The standard InChI is InChI=1S/C10H10Br2FNO/c1-10(2,12)9(15)14-7-5-3-4-6(11)8(7)13/h3-5H,1-2H3,(H,14,15). The second kappa shape index (κ2) is 4.61. The SMILES string of the molecule is CC(C)(Br)C(=O)Nc1cccc(Br)c1F. The zero-order valence-electron chi connectivity index (χ0n) is 8.27. The van der Waals surface area contributed by atoms with E-state index in [9.17, 15) is 9.18 Å². The zero-order valence-corrected chi connectivity index (χ0v) is 11.4. The van der Waals surface area contributed by atoms with E-state index in [1.54, 1.807) is 26.0 Å². The van der Waals surface area contributed by atoms with Gasteiger partial charge in [-0.15, -0.1) is 0 Å². The minimum absolute atomic E-state index is 0.168. The van der Waals surface area contributed by atoms with Crippen LogP contribution in [0.1, 0.15) is 13.8 Å². The minimum atomic E-state index is -0.720. The van der Waals surface area contributed by atoms with E-state index in [-0.39, 0.29) is 11.6 Å². The number of alkyl halides is 1. The maximum absolute atomic E-state index is 13.5. The molecular formula is C10H10Br2FNO. The monoisotopic (exact) mass is 337 g/mol. The average molecular weight is 339 g/mol. The molecule has 82 valence electrons. The minimum Gasteiger partial charge on any atom is -0.322 e. The molecular weight excluding hydrogens is 329 g/mol. The molecule has 15 heavy (non-hydrogen) atoms. The number of halogens is 3. The Hall–Kier alpha value is -0.420. The van der Waals surface area contributed by atoms with Crippen molar-refractivity contribution in [3.8, 4) is 0 Å². The molecule has 0 saturated heterocycles. The van der Waals surface area contributed by atoms with Crippen LogP contribution in [0.5, 0.6) is 0 Å². The van der Waals surface area contributed by atoms with Gasteiger partial charge in [-0.25, -0.2) is 4.39 Å². The average Bonchev–Trinajstić information content (AvgIpc) is 2.11. The Labute approximate surface area is 105 Å². The lowest BCUT2D eigenvalue weighted by Gasteiger charge is -2.16. The van der Waals surface area contributed by atoms with Crippen LogP contribution in [0.2, 0.25) is 0 Å². The lowest BCUT2D eigenvalue weighted by atomic mass is 10.2. The van der Waals surface area contributed by atoms with Gasteiger partial charge in [0.25, 0.3) is 0 Å². The predicted molar refractivity (Wildman–Crippen MR) is 65.7 cm³/mol. The highest BCUT2D eigenvalue weighted by Crippen LogP contribution is 2.25. The molecule has 0 spiro atoms. The van der Waals surface area contributed by atoms with Crippen LogP contribution in [-0.2, 0) is 4.79 Å². The largest absolute Gasteiger partial charge is 0.322 e. The topological polar surface area (TPSA) is 29.1 Å². The van der Waals surface area contributed by atoms with Crippen LogP contribution in [-0.4, -0.2) is 10.2 Å². The summed E-state index contributed by atoms with van der Waals surface area (Å²) in [7, 11) is 0. The van der Waals surface area contributed by atoms with Crippen molar-refractivity contribution >= 4 is 43.5 Å². The van der Waals surface area contributed by atoms with Crippen molar-refractivity contribution in [2.75, 3.05) is 5.32 Å². The van der Waals surface area contributed by atoms with Crippen molar-refractivity contribution in [3.05, 3.63) is 28.5 Å².